The minimum absolute atomic E-state index is 0.171. The molecule has 0 heterocycles. The predicted molar refractivity (Wildman–Crippen MR) is 79.0 cm³/mol. The van der Waals surface area contributed by atoms with Gasteiger partial charge in [-0.1, -0.05) is 33.6 Å². The van der Waals surface area contributed by atoms with Crippen molar-refractivity contribution in [2.75, 3.05) is 0 Å². The number of hydrogen-bond donors (Lipinski definition) is 1. The zero-order valence-electron chi connectivity index (χ0n) is 12.2. The van der Waals surface area contributed by atoms with E-state index in [-0.39, 0.29) is 11.3 Å². The number of nitrogens with two attached hydrogens (primary N) is 1. The second-order valence-corrected chi connectivity index (χ2v) is 9.24. The van der Waals surface area contributed by atoms with Gasteiger partial charge in [0.25, 0.3) is 0 Å². The summed E-state index contributed by atoms with van der Waals surface area (Å²) in [6.45, 7) is 6.93. The second kappa shape index (κ2) is 5.62. The van der Waals surface area contributed by atoms with E-state index in [1.807, 2.05) is 0 Å². The molecule has 2 nitrogen and oxygen atoms in total. The third kappa shape index (κ3) is 3.16. The lowest BCUT2D eigenvalue weighted by Gasteiger charge is -2.40. The summed E-state index contributed by atoms with van der Waals surface area (Å²) >= 11 is 0. The molecule has 2 aliphatic carbocycles. The van der Waals surface area contributed by atoms with Crippen molar-refractivity contribution in [2.45, 2.75) is 82.3 Å². The molecule has 18 heavy (non-hydrogen) atoms. The predicted octanol–water partition coefficient (Wildman–Crippen LogP) is 3.22. The average molecular weight is 271 g/mol. The summed E-state index contributed by atoms with van der Waals surface area (Å²) in [7, 11) is -0.692. The molecule has 4 atom stereocenters. The van der Waals surface area contributed by atoms with Gasteiger partial charge in [-0.2, -0.15) is 0 Å². The van der Waals surface area contributed by atoms with Crippen LogP contribution in [0.4, 0.5) is 0 Å². The first-order chi connectivity index (χ1) is 8.39. The topological polar surface area (TPSA) is 43.1 Å². The molecule has 0 bridgehead atoms. The van der Waals surface area contributed by atoms with Crippen LogP contribution in [0.15, 0.2) is 0 Å². The minimum Gasteiger partial charge on any atom is -0.327 e. The van der Waals surface area contributed by atoms with E-state index in [4.69, 9.17) is 5.73 Å². The van der Waals surface area contributed by atoms with Gasteiger partial charge >= 0.3 is 0 Å². The molecule has 0 aromatic carbocycles. The molecule has 0 aliphatic heterocycles. The molecule has 0 radical (unpaired) electrons. The van der Waals surface area contributed by atoms with Crippen molar-refractivity contribution in [1.29, 1.82) is 0 Å². The summed E-state index contributed by atoms with van der Waals surface area (Å²) in [6, 6.07) is 0.171. The molecule has 2 fully saturated rings. The van der Waals surface area contributed by atoms with Crippen molar-refractivity contribution in [3.63, 3.8) is 0 Å². The highest BCUT2D eigenvalue weighted by molar-refractivity contribution is 7.86. The van der Waals surface area contributed by atoms with Crippen molar-refractivity contribution in [2.24, 2.45) is 17.1 Å². The van der Waals surface area contributed by atoms with Crippen LogP contribution in [0.3, 0.4) is 0 Å². The van der Waals surface area contributed by atoms with Crippen LogP contribution >= 0.6 is 0 Å². The first-order valence-corrected chi connectivity index (χ1v) is 8.82. The Bertz CT molecular complexity index is 304. The molecule has 0 aromatic heterocycles. The molecule has 2 aliphatic rings. The summed E-state index contributed by atoms with van der Waals surface area (Å²) < 4.78 is 12.7. The monoisotopic (exact) mass is 271 g/mol. The SMILES string of the molecule is CC(C)(C)C1CCC(N)C(S(=O)C2CCCC2)C1. The quantitative estimate of drug-likeness (QED) is 0.838. The van der Waals surface area contributed by atoms with Gasteiger partial charge < -0.3 is 5.73 Å². The van der Waals surface area contributed by atoms with Crippen molar-refractivity contribution in [1.82, 2.24) is 0 Å². The maximum absolute atomic E-state index is 12.7. The van der Waals surface area contributed by atoms with Gasteiger partial charge in [0, 0.05) is 22.1 Å². The highest BCUT2D eigenvalue weighted by atomic mass is 32.2. The van der Waals surface area contributed by atoms with Gasteiger partial charge in [0.15, 0.2) is 0 Å². The smallest absolute Gasteiger partial charge is 0.0504 e. The lowest BCUT2D eigenvalue weighted by atomic mass is 9.71. The van der Waals surface area contributed by atoms with Crippen LogP contribution in [0.25, 0.3) is 0 Å². The van der Waals surface area contributed by atoms with Gasteiger partial charge in [-0.05, 0) is 43.4 Å². The fraction of sp³-hybridized carbons (Fsp3) is 1.00. The Kier molecular flexibility index (Phi) is 4.53. The highest BCUT2D eigenvalue weighted by Crippen LogP contribution is 2.40. The molecule has 0 aromatic rings. The Labute approximate surface area is 115 Å². The van der Waals surface area contributed by atoms with Crippen molar-refractivity contribution in [3.05, 3.63) is 0 Å². The third-order valence-electron chi connectivity index (χ3n) is 5.00. The van der Waals surface area contributed by atoms with Crippen LogP contribution in [0.2, 0.25) is 0 Å². The van der Waals surface area contributed by atoms with Crippen LogP contribution in [0.5, 0.6) is 0 Å². The van der Waals surface area contributed by atoms with Gasteiger partial charge in [0.2, 0.25) is 0 Å². The number of hydrogen-bond acceptors (Lipinski definition) is 2. The number of rotatable bonds is 2. The van der Waals surface area contributed by atoms with E-state index in [0.717, 1.165) is 25.7 Å². The maximum Gasteiger partial charge on any atom is 0.0504 e. The molecule has 3 heteroatoms. The highest BCUT2D eigenvalue weighted by Gasteiger charge is 2.39. The molecule has 0 saturated heterocycles. The van der Waals surface area contributed by atoms with Gasteiger partial charge in [-0.15, -0.1) is 0 Å². The standard InChI is InChI=1S/C15H29NOS/c1-15(2,3)11-8-9-13(16)14(10-11)18(17)12-6-4-5-7-12/h11-14H,4-10,16H2,1-3H3. The Balaban J connectivity index is 2.03. The first-order valence-electron chi connectivity index (χ1n) is 7.54. The van der Waals surface area contributed by atoms with Gasteiger partial charge in [0.05, 0.1) is 5.25 Å². The maximum atomic E-state index is 12.7. The average Bonchev–Trinajstić information content (AvgIpc) is 2.80. The van der Waals surface area contributed by atoms with Crippen molar-refractivity contribution >= 4 is 10.8 Å². The van der Waals surface area contributed by atoms with Crippen LogP contribution in [-0.2, 0) is 10.8 Å². The van der Waals surface area contributed by atoms with E-state index < -0.39 is 10.8 Å². The van der Waals surface area contributed by atoms with E-state index in [1.165, 1.54) is 19.3 Å². The molecule has 0 amide bonds. The molecule has 0 spiro atoms. The molecule has 2 saturated carbocycles. The summed E-state index contributed by atoms with van der Waals surface area (Å²) in [4.78, 5) is 0. The van der Waals surface area contributed by atoms with Crippen molar-refractivity contribution < 1.29 is 4.21 Å². The molecule has 2 N–H and O–H groups in total. The van der Waals surface area contributed by atoms with E-state index in [9.17, 15) is 4.21 Å². The largest absolute Gasteiger partial charge is 0.327 e. The molecule has 2 rings (SSSR count). The van der Waals surface area contributed by atoms with Gasteiger partial charge in [-0.25, -0.2) is 0 Å². The summed E-state index contributed by atoms with van der Waals surface area (Å²) in [5.74, 6) is 0.688. The van der Waals surface area contributed by atoms with Crippen LogP contribution < -0.4 is 5.73 Å². The normalized spacial score (nSPS) is 36.8. The third-order valence-corrected chi connectivity index (χ3v) is 7.26. The van der Waals surface area contributed by atoms with E-state index in [1.54, 1.807) is 0 Å². The summed E-state index contributed by atoms with van der Waals surface area (Å²) in [6.07, 6.45) is 8.20. The summed E-state index contributed by atoms with van der Waals surface area (Å²) in [5.41, 5.74) is 6.59. The Hall–Kier alpha value is 0.110. The molecule has 106 valence electrons. The summed E-state index contributed by atoms with van der Waals surface area (Å²) in [5, 5.41) is 0.700. The molecule has 4 unspecified atom stereocenters. The van der Waals surface area contributed by atoms with Gasteiger partial charge in [0.1, 0.15) is 0 Å². The lowest BCUT2D eigenvalue weighted by Crippen LogP contribution is -2.47. The van der Waals surface area contributed by atoms with E-state index in [0.29, 0.717) is 16.6 Å². The Morgan fingerprint density at radius 3 is 2.22 bits per heavy atom. The Morgan fingerprint density at radius 2 is 1.67 bits per heavy atom. The zero-order valence-corrected chi connectivity index (χ0v) is 13.0. The van der Waals surface area contributed by atoms with Crippen LogP contribution in [-0.4, -0.2) is 20.8 Å². The van der Waals surface area contributed by atoms with Gasteiger partial charge in [-0.3, -0.25) is 4.21 Å². The van der Waals surface area contributed by atoms with Crippen molar-refractivity contribution in [3.8, 4) is 0 Å². The fourth-order valence-electron chi connectivity index (χ4n) is 3.57. The Morgan fingerprint density at radius 1 is 1.06 bits per heavy atom. The fourth-order valence-corrected chi connectivity index (χ4v) is 5.77. The second-order valence-electron chi connectivity index (χ2n) is 7.31. The van der Waals surface area contributed by atoms with Crippen LogP contribution in [0.1, 0.15) is 65.7 Å². The van der Waals surface area contributed by atoms with Crippen LogP contribution in [0, 0.1) is 11.3 Å². The first kappa shape index (κ1) is 14.5. The minimum atomic E-state index is -0.692. The molecular formula is C15H29NOS. The lowest BCUT2D eigenvalue weighted by molar-refractivity contribution is 0.172. The molecular weight excluding hydrogens is 242 g/mol. The zero-order chi connectivity index (χ0) is 13.3. The van der Waals surface area contributed by atoms with E-state index in [2.05, 4.69) is 20.8 Å². The van der Waals surface area contributed by atoms with E-state index >= 15 is 0 Å².